The van der Waals surface area contributed by atoms with Crippen molar-refractivity contribution in [3.05, 3.63) is 35.9 Å². The quantitative estimate of drug-likeness (QED) is 0.795. The molecule has 0 atom stereocenters. The Kier molecular flexibility index (Phi) is 2.92. The van der Waals surface area contributed by atoms with Gasteiger partial charge in [-0.3, -0.25) is 0 Å². The zero-order chi connectivity index (χ0) is 10.7. The summed E-state index contributed by atoms with van der Waals surface area (Å²) in [5, 5.41) is 8.97. The summed E-state index contributed by atoms with van der Waals surface area (Å²) in [6.45, 7) is 3.65. The molecule has 0 amide bonds. The van der Waals surface area contributed by atoms with Crippen molar-refractivity contribution in [3.63, 3.8) is 0 Å². The van der Waals surface area contributed by atoms with E-state index in [-0.39, 0.29) is 0 Å². The number of hydrogen-bond donors (Lipinski definition) is 1. The van der Waals surface area contributed by atoms with E-state index in [0.29, 0.717) is 11.3 Å². The van der Waals surface area contributed by atoms with Crippen LogP contribution in [-0.2, 0) is 0 Å². The summed E-state index contributed by atoms with van der Waals surface area (Å²) in [5.41, 5.74) is 1.82. The third-order valence-electron chi connectivity index (χ3n) is 1.96. The Morgan fingerprint density at radius 3 is 2.57 bits per heavy atom. The van der Waals surface area contributed by atoms with Gasteiger partial charge in [0.15, 0.2) is 0 Å². The zero-order valence-electron chi connectivity index (χ0n) is 8.32. The molecule has 14 heavy (non-hydrogen) atoms. The van der Waals surface area contributed by atoms with Gasteiger partial charge in [0.2, 0.25) is 0 Å². The van der Waals surface area contributed by atoms with Gasteiger partial charge in [-0.25, -0.2) is 4.79 Å². The molecule has 1 aromatic rings. The highest BCUT2D eigenvalue weighted by Crippen LogP contribution is 2.24. The monoisotopic (exact) mass is 191 g/mol. The van der Waals surface area contributed by atoms with Gasteiger partial charge >= 0.3 is 5.97 Å². The van der Waals surface area contributed by atoms with Crippen LogP contribution in [0.1, 0.15) is 15.9 Å². The first-order valence-corrected chi connectivity index (χ1v) is 4.24. The average molecular weight is 191 g/mol. The lowest BCUT2D eigenvalue weighted by atomic mass is 10.1. The molecule has 0 saturated heterocycles. The van der Waals surface area contributed by atoms with Crippen molar-refractivity contribution < 1.29 is 9.90 Å². The summed E-state index contributed by atoms with van der Waals surface area (Å²) < 4.78 is 0. The van der Waals surface area contributed by atoms with Gasteiger partial charge < -0.3 is 10.0 Å². The first-order chi connectivity index (χ1) is 6.57. The third kappa shape index (κ3) is 1.76. The summed E-state index contributed by atoms with van der Waals surface area (Å²) in [5.74, 6) is -0.919. The van der Waals surface area contributed by atoms with Crippen LogP contribution in [0.3, 0.4) is 0 Å². The van der Waals surface area contributed by atoms with Crippen molar-refractivity contribution >= 4 is 17.7 Å². The molecular formula is C11H13NO2. The van der Waals surface area contributed by atoms with Gasteiger partial charge in [0.25, 0.3) is 0 Å². The molecule has 74 valence electrons. The fourth-order valence-electron chi connectivity index (χ4n) is 1.40. The number of hydrogen-bond acceptors (Lipinski definition) is 2. The second-order valence-electron chi connectivity index (χ2n) is 3.15. The van der Waals surface area contributed by atoms with Crippen molar-refractivity contribution in [1.29, 1.82) is 0 Å². The molecule has 1 N–H and O–H groups in total. The fraction of sp³-hybridized carbons (Fsp3) is 0.182. The summed E-state index contributed by atoms with van der Waals surface area (Å²) in [7, 11) is 3.63. The molecule has 0 heterocycles. The van der Waals surface area contributed by atoms with E-state index >= 15 is 0 Å². The number of para-hydroxylation sites is 1. The third-order valence-corrected chi connectivity index (χ3v) is 1.96. The van der Waals surface area contributed by atoms with Gasteiger partial charge in [0.05, 0.1) is 11.3 Å². The van der Waals surface area contributed by atoms with Crippen LogP contribution in [0.2, 0.25) is 0 Å². The molecule has 0 radical (unpaired) electrons. The van der Waals surface area contributed by atoms with Crippen LogP contribution >= 0.6 is 0 Å². The van der Waals surface area contributed by atoms with Crippen LogP contribution in [0.4, 0.5) is 5.69 Å². The lowest BCUT2D eigenvalue weighted by molar-refractivity contribution is 0.0697. The molecule has 0 aliphatic carbocycles. The number of anilines is 1. The molecule has 3 heteroatoms. The molecule has 0 fully saturated rings. The topological polar surface area (TPSA) is 40.5 Å². The molecule has 0 aliphatic rings. The number of carbonyl (C=O) groups is 1. The summed E-state index contributed by atoms with van der Waals surface area (Å²) in [4.78, 5) is 12.7. The molecular weight excluding hydrogens is 178 g/mol. The maximum absolute atomic E-state index is 10.9. The lowest BCUT2D eigenvalue weighted by Gasteiger charge is -2.18. The Morgan fingerprint density at radius 1 is 1.50 bits per heavy atom. The normalized spacial score (nSPS) is 9.57. The highest BCUT2D eigenvalue weighted by Gasteiger charge is 2.13. The Morgan fingerprint density at radius 2 is 2.14 bits per heavy atom. The maximum atomic E-state index is 10.9. The van der Waals surface area contributed by atoms with E-state index in [1.807, 2.05) is 20.2 Å². The predicted molar refractivity (Wildman–Crippen MR) is 57.8 cm³/mol. The molecule has 0 aromatic heterocycles. The van der Waals surface area contributed by atoms with Crippen molar-refractivity contribution in [2.75, 3.05) is 19.0 Å². The molecule has 1 aromatic carbocycles. The van der Waals surface area contributed by atoms with Crippen molar-refractivity contribution in [2.24, 2.45) is 0 Å². The zero-order valence-corrected chi connectivity index (χ0v) is 8.32. The minimum absolute atomic E-state index is 0.299. The molecule has 0 spiro atoms. The molecule has 0 unspecified atom stereocenters. The second-order valence-corrected chi connectivity index (χ2v) is 3.15. The average Bonchev–Trinajstić information content (AvgIpc) is 2.16. The van der Waals surface area contributed by atoms with Crippen molar-refractivity contribution in [1.82, 2.24) is 0 Å². The van der Waals surface area contributed by atoms with E-state index < -0.39 is 5.97 Å². The Bertz CT molecular complexity index is 370. The summed E-state index contributed by atoms with van der Waals surface area (Å²) in [6.07, 6.45) is 1.65. The van der Waals surface area contributed by atoms with E-state index in [0.717, 1.165) is 5.56 Å². The SMILES string of the molecule is C=Cc1cccc(C(=O)O)c1N(C)C. The number of aromatic carboxylic acids is 1. The van der Waals surface area contributed by atoms with Crippen LogP contribution in [-0.4, -0.2) is 25.2 Å². The summed E-state index contributed by atoms with van der Waals surface area (Å²) in [6, 6.07) is 5.15. The number of carboxylic acid groups (broad SMARTS) is 1. The molecule has 3 nitrogen and oxygen atoms in total. The molecule has 0 bridgehead atoms. The van der Waals surface area contributed by atoms with Gasteiger partial charge in [0, 0.05) is 14.1 Å². The van der Waals surface area contributed by atoms with Gasteiger partial charge in [-0.05, 0) is 11.6 Å². The first kappa shape index (κ1) is 10.3. The van der Waals surface area contributed by atoms with Gasteiger partial charge in [-0.1, -0.05) is 24.8 Å². The minimum atomic E-state index is -0.919. The Labute approximate surface area is 83.3 Å². The minimum Gasteiger partial charge on any atom is -0.478 e. The van der Waals surface area contributed by atoms with Gasteiger partial charge in [-0.2, -0.15) is 0 Å². The number of benzene rings is 1. The van der Waals surface area contributed by atoms with E-state index in [9.17, 15) is 4.79 Å². The van der Waals surface area contributed by atoms with E-state index in [2.05, 4.69) is 6.58 Å². The van der Waals surface area contributed by atoms with Gasteiger partial charge in [-0.15, -0.1) is 0 Å². The maximum Gasteiger partial charge on any atom is 0.337 e. The standard InChI is InChI=1S/C11H13NO2/c1-4-8-6-5-7-9(11(13)14)10(8)12(2)3/h4-7H,1H2,2-3H3,(H,13,14). The van der Waals surface area contributed by atoms with E-state index in [1.54, 1.807) is 23.1 Å². The first-order valence-electron chi connectivity index (χ1n) is 4.24. The highest BCUT2D eigenvalue weighted by atomic mass is 16.4. The van der Waals surface area contributed by atoms with Crippen molar-refractivity contribution in [3.8, 4) is 0 Å². The molecule has 0 aliphatic heterocycles. The molecule has 1 rings (SSSR count). The number of nitrogens with zero attached hydrogens (tertiary/aromatic N) is 1. The van der Waals surface area contributed by atoms with Crippen molar-refractivity contribution in [2.45, 2.75) is 0 Å². The molecule has 0 saturated carbocycles. The number of carboxylic acids is 1. The summed E-state index contributed by atoms with van der Waals surface area (Å²) >= 11 is 0. The smallest absolute Gasteiger partial charge is 0.337 e. The van der Waals surface area contributed by atoms with Crippen LogP contribution in [0, 0.1) is 0 Å². The van der Waals surface area contributed by atoms with Crippen LogP contribution in [0.5, 0.6) is 0 Å². The van der Waals surface area contributed by atoms with E-state index in [1.165, 1.54) is 0 Å². The van der Waals surface area contributed by atoms with Crippen LogP contribution < -0.4 is 4.90 Å². The predicted octanol–water partition coefficient (Wildman–Crippen LogP) is 2.09. The van der Waals surface area contributed by atoms with Gasteiger partial charge in [0.1, 0.15) is 0 Å². The largest absolute Gasteiger partial charge is 0.478 e. The fourth-order valence-corrected chi connectivity index (χ4v) is 1.40. The highest BCUT2D eigenvalue weighted by molar-refractivity contribution is 5.96. The Hall–Kier alpha value is -1.77. The second kappa shape index (κ2) is 3.96. The Balaban J connectivity index is 3.43. The van der Waals surface area contributed by atoms with Crippen LogP contribution in [0.15, 0.2) is 24.8 Å². The van der Waals surface area contributed by atoms with Crippen LogP contribution in [0.25, 0.3) is 6.08 Å². The lowest BCUT2D eigenvalue weighted by Crippen LogP contribution is -2.15. The van der Waals surface area contributed by atoms with E-state index in [4.69, 9.17) is 5.11 Å². The number of rotatable bonds is 3.